The zero-order chi connectivity index (χ0) is 13.0. The molecule has 2 aliphatic rings. The topological polar surface area (TPSA) is 12.0 Å². The van der Waals surface area contributed by atoms with Gasteiger partial charge in [0.15, 0.2) is 0 Å². The second kappa shape index (κ2) is 7.19. The van der Waals surface area contributed by atoms with Crippen molar-refractivity contribution in [3.8, 4) is 0 Å². The lowest BCUT2D eigenvalue weighted by Gasteiger charge is -2.34. The average molecular weight is 269 g/mol. The Morgan fingerprint density at radius 3 is 2.39 bits per heavy atom. The number of hydrogen-bond acceptors (Lipinski definition) is 2. The molecule has 0 bridgehead atoms. The fourth-order valence-corrected chi connectivity index (χ4v) is 4.99. The quantitative estimate of drug-likeness (QED) is 0.790. The van der Waals surface area contributed by atoms with E-state index in [1.165, 1.54) is 50.7 Å². The molecule has 2 heteroatoms. The molecule has 2 fully saturated rings. The Hall–Kier alpha value is 0.310. The minimum atomic E-state index is 0.815. The van der Waals surface area contributed by atoms with E-state index in [0.29, 0.717) is 0 Å². The van der Waals surface area contributed by atoms with Crippen LogP contribution in [0, 0.1) is 11.8 Å². The highest BCUT2D eigenvalue weighted by Gasteiger charge is 2.30. The highest BCUT2D eigenvalue weighted by molar-refractivity contribution is 7.99. The van der Waals surface area contributed by atoms with Gasteiger partial charge in [0.2, 0.25) is 0 Å². The summed E-state index contributed by atoms with van der Waals surface area (Å²) in [4.78, 5) is 0. The molecule has 0 aromatic carbocycles. The van der Waals surface area contributed by atoms with Crippen LogP contribution in [-0.4, -0.2) is 23.1 Å². The Balaban J connectivity index is 1.74. The van der Waals surface area contributed by atoms with Gasteiger partial charge in [-0.2, -0.15) is 11.8 Å². The lowest BCUT2D eigenvalue weighted by molar-refractivity contribution is 0.229. The molecule has 0 aliphatic heterocycles. The van der Waals surface area contributed by atoms with Crippen molar-refractivity contribution in [2.45, 2.75) is 83.1 Å². The first-order valence-corrected chi connectivity index (χ1v) is 9.13. The van der Waals surface area contributed by atoms with Crippen LogP contribution in [0.2, 0.25) is 0 Å². The molecule has 1 nitrogen and oxygen atoms in total. The van der Waals surface area contributed by atoms with Crippen LogP contribution in [0.4, 0.5) is 0 Å². The summed E-state index contributed by atoms with van der Waals surface area (Å²) in [6.45, 7) is 7.08. The van der Waals surface area contributed by atoms with E-state index in [4.69, 9.17) is 0 Å². The van der Waals surface area contributed by atoms with Crippen molar-refractivity contribution >= 4 is 11.8 Å². The summed E-state index contributed by atoms with van der Waals surface area (Å²) in [5.74, 6) is 3.16. The summed E-state index contributed by atoms with van der Waals surface area (Å²) < 4.78 is 0. The number of rotatable bonds is 5. The van der Waals surface area contributed by atoms with Gasteiger partial charge in [-0.05, 0) is 56.1 Å². The summed E-state index contributed by atoms with van der Waals surface area (Å²) in [5, 5.41) is 4.89. The van der Waals surface area contributed by atoms with Gasteiger partial charge >= 0.3 is 0 Å². The van der Waals surface area contributed by atoms with E-state index in [9.17, 15) is 0 Å². The molecule has 0 aromatic heterocycles. The molecule has 2 aliphatic carbocycles. The van der Waals surface area contributed by atoms with Crippen LogP contribution in [-0.2, 0) is 0 Å². The van der Waals surface area contributed by atoms with Gasteiger partial charge in [0.25, 0.3) is 0 Å². The largest absolute Gasteiger partial charge is 0.310 e. The molecular formula is C16H31NS. The second-order valence-electron chi connectivity index (χ2n) is 6.55. The molecule has 0 amide bonds. The molecule has 106 valence electrons. The maximum absolute atomic E-state index is 3.99. The third kappa shape index (κ3) is 3.90. The molecule has 0 spiro atoms. The average Bonchev–Trinajstić information content (AvgIpc) is 2.78. The van der Waals surface area contributed by atoms with Crippen molar-refractivity contribution in [1.82, 2.24) is 5.32 Å². The Kier molecular flexibility index (Phi) is 5.88. The van der Waals surface area contributed by atoms with Crippen molar-refractivity contribution in [1.29, 1.82) is 0 Å². The number of nitrogens with one attached hydrogen (secondary N) is 1. The van der Waals surface area contributed by atoms with Crippen LogP contribution in [0.3, 0.4) is 0 Å². The lowest BCUT2D eigenvalue weighted by atomic mass is 9.79. The van der Waals surface area contributed by atoms with Gasteiger partial charge in [0.1, 0.15) is 0 Å². The van der Waals surface area contributed by atoms with E-state index in [2.05, 4.69) is 37.8 Å². The van der Waals surface area contributed by atoms with Gasteiger partial charge in [0.05, 0.1) is 0 Å². The Morgan fingerprint density at radius 1 is 1.06 bits per heavy atom. The highest BCUT2D eigenvalue weighted by atomic mass is 32.2. The van der Waals surface area contributed by atoms with Crippen LogP contribution in [0.25, 0.3) is 0 Å². The molecule has 0 radical (unpaired) electrons. The fourth-order valence-electron chi connectivity index (χ4n) is 3.79. The Morgan fingerprint density at radius 2 is 1.78 bits per heavy atom. The molecule has 1 N–H and O–H groups in total. The van der Waals surface area contributed by atoms with Crippen LogP contribution in [0.15, 0.2) is 0 Å². The van der Waals surface area contributed by atoms with Crippen LogP contribution < -0.4 is 5.32 Å². The minimum Gasteiger partial charge on any atom is -0.310 e. The normalized spacial score (nSPS) is 37.3. The molecule has 2 atom stereocenters. The zero-order valence-electron chi connectivity index (χ0n) is 12.5. The first kappa shape index (κ1) is 14.7. The van der Waals surface area contributed by atoms with Crippen molar-refractivity contribution in [3.05, 3.63) is 0 Å². The van der Waals surface area contributed by atoms with E-state index in [-0.39, 0.29) is 0 Å². The van der Waals surface area contributed by atoms with Crippen molar-refractivity contribution < 1.29 is 0 Å². The van der Waals surface area contributed by atoms with Crippen molar-refractivity contribution in [2.75, 3.05) is 5.75 Å². The van der Waals surface area contributed by atoms with E-state index in [0.717, 1.165) is 29.2 Å². The predicted molar refractivity (Wildman–Crippen MR) is 83.3 cm³/mol. The van der Waals surface area contributed by atoms with E-state index >= 15 is 0 Å². The standard InChI is InChI=1S/C16H31NS/c1-4-18-16-7-5-6-15(16)17-14-10-8-13(9-11-14)12(2)3/h12-17H,4-11H2,1-3H3. The lowest BCUT2D eigenvalue weighted by Crippen LogP contribution is -2.43. The summed E-state index contributed by atoms with van der Waals surface area (Å²) in [7, 11) is 0. The van der Waals surface area contributed by atoms with E-state index in [1.807, 2.05) is 0 Å². The molecule has 18 heavy (non-hydrogen) atoms. The fraction of sp³-hybridized carbons (Fsp3) is 1.00. The van der Waals surface area contributed by atoms with Gasteiger partial charge in [0, 0.05) is 17.3 Å². The predicted octanol–water partition coefficient (Wildman–Crippen LogP) is 4.47. The number of hydrogen-bond donors (Lipinski definition) is 1. The molecule has 2 rings (SSSR count). The van der Waals surface area contributed by atoms with Gasteiger partial charge in [-0.15, -0.1) is 0 Å². The summed E-state index contributed by atoms with van der Waals surface area (Å²) in [5.41, 5.74) is 0. The summed E-state index contributed by atoms with van der Waals surface area (Å²) in [6, 6.07) is 1.64. The monoisotopic (exact) mass is 269 g/mol. The Bertz CT molecular complexity index is 233. The van der Waals surface area contributed by atoms with Crippen LogP contribution >= 0.6 is 11.8 Å². The number of thioether (sulfide) groups is 1. The van der Waals surface area contributed by atoms with Crippen LogP contribution in [0.1, 0.15) is 65.7 Å². The summed E-state index contributed by atoms with van der Waals surface area (Å²) >= 11 is 2.18. The highest BCUT2D eigenvalue weighted by Crippen LogP contribution is 2.33. The van der Waals surface area contributed by atoms with Crippen LogP contribution in [0.5, 0.6) is 0 Å². The van der Waals surface area contributed by atoms with Gasteiger partial charge < -0.3 is 5.32 Å². The second-order valence-corrected chi connectivity index (χ2v) is 8.07. The summed E-state index contributed by atoms with van der Waals surface area (Å²) in [6.07, 6.45) is 10.0. The Labute approximate surface area is 118 Å². The van der Waals surface area contributed by atoms with Crippen molar-refractivity contribution in [2.24, 2.45) is 11.8 Å². The van der Waals surface area contributed by atoms with Gasteiger partial charge in [-0.3, -0.25) is 0 Å². The molecular weight excluding hydrogens is 238 g/mol. The maximum Gasteiger partial charge on any atom is 0.0201 e. The molecule has 0 saturated heterocycles. The molecule has 0 heterocycles. The molecule has 0 aromatic rings. The molecule has 2 saturated carbocycles. The van der Waals surface area contributed by atoms with Gasteiger partial charge in [-0.25, -0.2) is 0 Å². The van der Waals surface area contributed by atoms with Gasteiger partial charge in [-0.1, -0.05) is 27.2 Å². The van der Waals surface area contributed by atoms with E-state index in [1.54, 1.807) is 0 Å². The maximum atomic E-state index is 3.99. The zero-order valence-corrected chi connectivity index (χ0v) is 13.3. The van der Waals surface area contributed by atoms with E-state index < -0.39 is 0 Å². The third-order valence-electron chi connectivity index (χ3n) is 5.00. The smallest absolute Gasteiger partial charge is 0.0201 e. The van der Waals surface area contributed by atoms with Crippen molar-refractivity contribution in [3.63, 3.8) is 0 Å². The minimum absolute atomic E-state index is 0.815. The molecule has 2 unspecified atom stereocenters. The third-order valence-corrected chi connectivity index (χ3v) is 6.32. The SMILES string of the molecule is CCSC1CCCC1NC1CCC(C(C)C)CC1. The first-order chi connectivity index (χ1) is 8.70. The first-order valence-electron chi connectivity index (χ1n) is 8.08.